The molecular formula is C10H6FNO4. The summed E-state index contributed by atoms with van der Waals surface area (Å²) in [4.78, 5) is 20.4. The molecule has 0 aliphatic heterocycles. The van der Waals surface area contributed by atoms with Crippen LogP contribution < -0.4 is 0 Å². The molecule has 1 aromatic carbocycles. The standard InChI is InChI=1S/C10H6FNO4/c1-16-10(13)5-2-7-6-8(12(14)15)3-4-9(7)11/h3-4,6H,1H3. The Morgan fingerprint density at radius 1 is 1.56 bits per heavy atom. The number of rotatable bonds is 1. The van der Waals surface area contributed by atoms with Crippen molar-refractivity contribution in [1.82, 2.24) is 0 Å². The van der Waals surface area contributed by atoms with Gasteiger partial charge in [-0.1, -0.05) is 5.92 Å². The van der Waals surface area contributed by atoms with E-state index in [1.807, 2.05) is 5.92 Å². The Hall–Kier alpha value is -2.42. The fourth-order valence-electron chi connectivity index (χ4n) is 0.892. The predicted molar refractivity (Wildman–Crippen MR) is 51.9 cm³/mol. The number of non-ortho nitro benzene ring substituents is 1. The van der Waals surface area contributed by atoms with E-state index in [2.05, 4.69) is 10.7 Å². The monoisotopic (exact) mass is 223 g/mol. The average molecular weight is 223 g/mol. The van der Waals surface area contributed by atoms with Gasteiger partial charge in [-0.25, -0.2) is 9.18 Å². The molecule has 0 radical (unpaired) electrons. The summed E-state index contributed by atoms with van der Waals surface area (Å²) in [6, 6.07) is 2.88. The summed E-state index contributed by atoms with van der Waals surface area (Å²) in [6.07, 6.45) is 0. The first-order valence-corrected chi connectivity index (χ1v) is 4.08. The number of carbonyl (C=O) groups is 1. The average Bonchev–Trinajstić information content (AvgIpc) is 2.27. The third-order valence-electron chi connectivity index (χ3n) is 1.65. The van der Waals surface area contributed by atoms with Gasteiger partial charge in [-0.2, -0.15) is 0 Å². The van der Waals surface area contributed by atoms with Crippen LogP contribution >= 0.6 is 0 Å². The van der Waals surface area contributed by atoms with Crippen LogP contribution in [-0.2, 0) is 9.53 Å². The number of carbonyl (C=O) groups excluding carboxylic acids is 1. The molecule has 1 aromatic rings. The molecule has 0 saturated heterocycles. The molecule has 0 atom stereocenters. The van der Waals surface area contributed by atoms with E-state index in [4.69, 9.17) is 0 Å². The molecule has 0 aliphatic rings. The molecule has 6 heteroatoms. The van der Waals surface area contributed by atoms with Gasteiger partial charge in [0.05, 0.1) is 17.6 Å². The first-order chi connectivity index (χ1) is 7.54. The molecule has 0 N–H and O–H groups in total. The Kier molecular flexibility index (Phi) is 3.56. The van der Waals surface area contributed by atoms with Gasteiger partial charge in [0, 0.05) is 18.1 Å². The first kappa shape index (κ1) is 11.7. The Morgan fingerprint density at radius 3 is 2.81 bits per heavy atom. The van der Waals surface area contributed by atoms with Crippen molar-refractivity contribution in [1.29, 1.82) is 0 Å². The number of esters is 1. The lowest BCUT2D eigenvalue weighted by Crippen LogP contribution is -1.95. The van der Waals surface area contributed by atoms with Gasteiger partial charge in [0.2, 0.25) is 0 Å². The van der Waals surface area contributed by atoms with Crippen LogP contribution in [0.25, 0.3) is 0 Å². The zero-order valence-electron chi connectivity index (χ0n) is 8.19. The second kappa shape index (κ2) is 4.89. The maximum Gasteiger partial charge on any atom is 0.384 e. The SMILES string of the molecule is COC(=O)C#Cc1cc([N+](=O)[O-])ccc1F. The smallest absolute Gasteiger partial charge is 0.384 e. The van der Waals surface area contributed by atoms with Crippen LogP contribution in [0.4, 0.5) is 10.1 Å². The van der Waals surface area contributed by atoms with E-state index in [0.717, 1.165) is 25.3 Å². The highest BCUT2D eigenvalue weighted by Crippen LogP contribution is 2.15. The van der Waals surface area contributed by atoms with Gasteiger partial charge in [0.1, 0.15) is 5.82 Å². The van der Waals surface area contributed by atoms with E-state index >= 15 is 0 Å². The van der Waals surface area contributed by atoms with Crippen molar-refractivity contribution in [3.05, 3.63) is 39.7 Å². The topological polar surface area (TPSA) is 69.4 Å². The highest BCUT2D eigenvalue weighted by Gasteiger charge is 2.09. The molecule has 0 bridgehead atoms. The minimum atomic E-state index is -0.842. The third-order valence-corrected chi connectivity index (χ3v) is 1.65. The zero-order chi connectivity index (χ0) is 12.1. The lowest BCUT2D eigenvalue weighted by atomic mass is 10.2. The minimum Gasteiger partial charge on any atom is -0.459 e. The second-order valence-corrected chi connectivity index (χ2v) is 2.66. The van der Waals surface area contributed by atoms with Crippen molar-refractivity contribution < 1.29 is 18.8 Å². The molecule has 1 rings (SSSR count). The Labute approximate surface area is 90.0 Å². The van der Waals surface area contributed by atoms with Gasteiger partial charge in [0.15, 0.2) is 0 Å². The lowest BCUT2D eigenvalue weighted by molar-refractivity contribution is -0.384. The number of hydrogen-bond donors (Lipinski definition) is 0. The molecule has 16 heavy (non-hydrogen) atoms. The Bertz CT molecular complexity index is 501. The van der Waals surface area contributed by atoms with Crippen molar-refractivity contribution in [2.24, 2.45) is 0 Å². The van der Waals surface area contributed by atoms with Crippen molar-refractivity contribution in [2.45, 2.75) is 0 Å². The summed E-state index contributed by atoms with van der Waals surface area (Å²) in [5.41, 5.74) is -0.518. The molecule has 0 heterocycles. The summed E-state index contributed by atoms with van der Waals surface area (Å²) < 4.78 is 17.3. The van der Waals surface area contributed by atoms with Gasteiger partial charge in [-0.15, -0.1) is 0 Å². The fraction of sp³-hybridized carbons (Fsp3) is 0.100. The molecular weight excluding hydrogens is 217 g/mol. The molecule has 0 unspecified atom stereocenters. The molecule has 0 aromatic heterocycles. The Balaban J connectivity index is 3.11. The highest BCUT2D eigenvalue weighted by molar-refractivity contribution is 5.89. The number of benzene rings is 1. The predicted octanol–water partition coefficient (Wildman–Crippen LogP) is 1.26. The highest BCUT2D eigenvalue weighted by atomic mass is 19.1. The van der Waals surface area contributed by atoms with Crippen molar-refractivity contribution >= 4 is 11.7 Å². The van der Waals surface area contributed by atoms with Crippen LogP contribution in [0, 0.1) is 27.8 Å². The normalized spacial score (nSPS) is 8.88. The van der Waals surface area contributed by atoms with Gasteiger partial charge in [0.25, 0.3) is 5.69 Å². The van der Waals surface area contributed by atoms with Crippen molar-refractivity contribution in [3.63, 3.8) is 0 Å². The first-order valence-electron chi connectivity index (χ1n) is 4.08. The number of methoxy groups -OCH3 is 1. The summed E-state index contributed by atoms with van der Waals surface area (Å²) in [5, 5.41) is 10.4. The summed E-state index contributed by atoms with van der Waals surface area (Å²) >= 11 is 0. The maximum absolute atomic E-state index is 13.1. The van der Waals surface area contributed by atoms with Gasteiger partial charge in [-0.3, -0.25) is 10.1 Å². The van der Waals surface area contributed by atoms with Gasteiger partial charge in [-0.05, 0) is 6.07 Å². The van der Waals surface area contributed by atoms with E-state index in [-0.39, 0.29) is 11.3 Å². The molecule has 0 aliphatic carbocycles. The number of halogens is 1. The Morgan fingerprint density at radius 2 is 2.25 bits per heavy atom. The molecule has 0 spiro atoms. The number of nitro benzene ring substituents is 1. The van der Waals surface area contributed by atoms with E-state index in [1.165, 1.54) is 0 Å². The number of nitro groups is 1. The zero-order valence-corrected chi connectivity index (χ0v) is 8.19. The van der Waals surface area contributed by atoms with Crippen LogP contribution in [0.5, 0.6) is 0 Å². The molecule has 5 nitrogen and oxygen atoms in total. The fourth-order valence-corrected chi connectivity index (χ4v) is 0.892. The number of hydrogen-bond acceptors (Lipinski definition) is 4. The number of nitrogens with zero attached hydrogens (tertiary/aromatic N) is 1. The summed E-state index contributed by atoms with van der Waals surface area (Å²) in [6.45, 7) is 0. The van der Waals surface area contributed by atoms with Gasteiger partial charge < -0.3 is 4.74 Å². The van der Waals surface area contributed by atoms with Crippen LogP contribution in [0.15, 0.2) is 18.2 Å². The van der Waals surface area contributed by atoms with Crippen molar-refractivity contribution in [3.8, 4) is 11.8 Å². The van der Waals surface area contributed by atoms with E-state index < -0.39 is 16.7 Å². The van der Waals surface area contributed by atoms with Crippen LogP contribution in [0.1, 0.15) is 5.56 Å². The van der Waals surface area contributed by atoms with Crippen molar-refractivity contribution in [2.75, 3.05) is 7.11 Å². The summed E-state index contributed by atoms with van der Waals surface area (Å²) in [7, 11) is 1.13. The third kappa shape index (κ3) is 2.78. The number of ether oxygens (including phenoxy) is 1. The van der Waals surface area contributed by atoms with Crippen LogP contribution in [0.2, 0.25) is 0 Å². The molecule has 0 amide bonds. The second-order valence-electron chi connectivity index (χ2n) is 2.66. The van der Waals surface area contributed by atoms with Crippen LogP contribution in [-0.4, -0.2) is 18.0 Å². The van der Waals surface area contributed by atoms with E-state index in [0.29, 0.717) is 0 Å². The van der Waals surface area contributed by atoms with Gasteiger partial charge >= 0.3 is 5.97 Å². The van der Waals surface area contributed by atoms with Crippen LogP contribution in [0.3, 0.4) is 0 Å². The summed E-state index contributed by atoms with van der Waals surface area (Å²) in [5.74, 6) is 2.56. The minimum absolute atomic E-state index is 0.223. The maximum atomic E-state index is 13.1. The molecule has 82 valence electrons. The van der Waals surface area contributed by atoms with E-state index in [9.17, 15) is 19.3 Å². The molecule has 0 fully saturated rings. The van der Waals surface area contributed by atoms with E-state index in [1.54, 1.807) is 0 Å². The lowest BCUT2D eigenvalue weighted by Gasteiger charge is -1.94. The molecule has 0 saturated carbocycles. The largest absolute Gasteiger partial charge is 0.459 e. The quantitative estimate of drug-likeness (QED) is 0.311.